The molecule has 0 saturated carbocycles. The first kappa shape index (κ1) is 14.7. The Labute approximate surface area is 119 Å². The van der Waals surface area contributed by atoms with Crippen LogP contribution in [0.1, 0.15) is 32.3 Å². The minimum absolute atomic E-state index is 0.0287. The Balaban J connectivity index is 2.19. The third-order valence-electron chi connectivity index (χ3n) is 4.05. The highest BCUT2D eigenvalue weighted by Crippen LogP contribution is 2.27. The van der Waals surface area contributed by atoms with Gasteiger partial charge in [-0.2, -0.15) is 8.78 Å². The smallest absolute Gasteiger partial charge is 0.173 e. The lowest BCUT2D eigenvalue weighted by Gasteiger charge is -2.15. The summed E-state index contributed by atoms with van der Waals surface area (Å²) in [6.07, 6.45) is 0.848. The maximum atomic E-state index is 12.7. The molecule has 0 spiro atoms. The second-order valence-electron chi connectivity index (χ2n) is 5.23. The standard InChI is InChI=1S/C18H20F2/c1-3-14(13(2)18(19)20)11-12-16-9-6-8-15-7-4-5-10-17(15)16/h4-10,14H,3,11-12H2,1-2H3. The summed E-state index contributed by atoms with van der Waals surface area (Å²) in [7, 11) is 0. The highest BCUT2D eigenvalue weighted by atomic mass is 19.3. The third-order valence-corrected chi connectivity index (χ3v) is 4.05. The Morgan fingerprint density at radius 3 is 2.45 bits per heavy atom. The van der Waals surface area contributed by atoms with Gasteiger partial charge in [0.2, 0.25) is 0 Å². The number of benzene rings is 2. The van der Waals surface area contributed by atoms with Crippen LogP contribution >= 0.6 is 0 Å². The Kier molecular flexibility index (Phi) is 4.89. The van der Waals surface area contributed by atoms with Crippen LogP contribution in [0.25, 0.3) is 10.8 Å². The molecule has 1 unspecified atom stereocenters. The lowest BCUT2D eigenvalue weighted by molar-refractivity contribution is 0.386. The lowest BCUT2D eigenvalue weighted by atomic mass is 9.90. The predicted molar refractivity (Wildman–Crippen MR) is 81.0 cm³/mol. The van der Waals surface area contributed by atoms with Crippen molar-refractivity contribution >= 4 is 10.8 Å². The molecule has 0 aliphatic rings. The lowest BCUT2D eigenvalue weighted by Crippen LogP contribution is -2.04. The highest BCUT2D eigenvalue weighted by molar-refractivity contribution is 5.85. The van der Waals surface area contributed by atoms with Crippen molar-refractivity contribution < 1.29 is 8.78 Å². The van der Waals surface area contributed by atoms with Gasteiger partial charge in [-0.3, -0.25) is 0 Å². The molecule has 0 aromatic heterocycles. The summed E-state index contributed by atoms with van der Waals surface area (Å²) in [5, 5.41) is 2.44. The van der Waals surface area contributed by atoms with Gasteiger partial charge in [0.15, 0.2) is 0 Å². The predicted octanol–water partition coefficient (Wildman–Crippen LogP) is 5.97. The van der Waals surface area contributed by atoms with Crippen LogP contribution in [-0.2, 0) is 6.42 Å². The topological polar surface area (TPSA) is 0 Å². The van der Waals surface area contributed by atoms with E-state index in [0.717, 1.165) is 19.3 Å². The second kappa shape index (κ2) is 6.65. The summed E-state index contributed by atoms with van der Waals surface area (Å²) in [6, 6.07) is 14.5. The monoisotopic (exact) mass is 274 g/mol. The Morgan fingerprint density at radius 1 is 1.05 bits per heavy atom. The van der Waals surface area contributed by atoms with Crippen molar-refractivity contribution in [3.63, 3.8) is 0 Å². The van der Waals surface area contributed by atoms with Crippen LogP contribution < -0.4 is 0 Å². The van der Waals surface area contributed by atoms with Crippen LogP contribution in [0.5, 0.6) is 0 Å². The van der Waals surface area contributed by atoms with Crippen LogP contribution in [0.2, 0.25) is 0 Å². The molecule has 0 nitrogen and oxygen atoms in total. The highest BCUT2D eigenvalue weighted by Gasteiger charge is 2.14. The van der Waals surface area contributed by atoms with Gasteiger partial charge in [0, 0.05) is 0 Å². The van der Waals surface area contributed by atoms with Gasteiger partial charge in [-0.25, -0.2) is 0 Å². The molecule has 0 radical (unpaired) electrons. The summed E-state index contributed by atoms with van der Waals surface area (Å²) >= 11 is 0. The van der Waals surface area contributed by atoms with Crippen molar-refractivity contribution in [1.29, 1.82) is 0 Å². The summed E-state index contributed by atoms with van der Waals surface area (Å²) in [6.45, 7) is 3.52. The molecular weight excluding hydrogens is 254 g/mol. The fourth-order valence-electron chi connectivity index (χ4n) is 2.72. The zero-order valence-electron chi connectivity index (χ0n) is 12.0. The molecule has 0 fully saturated rings. The van der Waals surface area contributed by atoms with E-state index in [4.69, 9.17) is 0 Å². The average molecular weight is 274 g/mol. The van der Waals surface area contributed by atoms with Crippen molar-refractivity contribution in [3.05, 3.63) is 59.7 Å². The molecular formula is C18H20F2. The van der Waals surface area contributed by atoms with E-state index in [2.05, 4.69) is 24.3 Å². The van der Waals surface area contributed by atoms with Gasteiger partial charge >= 0.3 is 0 Å². The summed E-state index contributed by atoms with van der Waals surface area (Å²) in [4.78, 5) is 0. The van der Waals surface area contributed by atoms with E-state index in [9.17, 15) is 8.78 Å². The molecule has 0 aliphatic carbocycles. The molecule has 0 aliphatic heterocycles. The zero-order chi connectivity index (χ0) is 14.5. The Morgan fingerprint density at radius 2 is 1.75 bits per heavy atom. The Bertz CT molecular complexity index is 604. The van der Waals surface area contributed by atoms with E-state index in [1.165, 1.54) is 16.3 Å². The molecule has 0 bridgehead atoms. The number of hydrogen-bond donors (Lipinski definition) is 0. The van der Waals surface area contributed by atoms with Crippen LogP contribution in [0.3, 0.4) is 0 Å². The molecule has 0 heterocycles. The molecule has 2 rings (SSSR count). The maximum absolute atomic E-state index is 12.7. The summed E-state index contributed by atoms with van der Waals surface area (Å²) in [5.74, 6) is -0.0287. The number of halogens is 2. The first-order valence-electron chi connectivity index (χ1n) is 7.12. The SMILES string of the molecule is CCC(CCc1cccc2ccccc12)C(C)=C(F)F. The zero-order valence-corrected chi connectivity index (χ0v) is 12.0. The average Bonchev–Trinajstić information content (AvgIpc) is 2.47. The first-order chi connectivity index (χ1) is 9.63. The minimum Gasteiger partial charge on any atom is -0.173 e. The summed E-state index contributed by atoms with van der Waals surface area (Å²) in [5.41, 5.74) is 1.49. The third kappa shape index (κ3) is 3.24. The molecule has 2 aromatic carbocycles. The number of allylic oxidation sites excluding steroid dienone is 1. The van der Waals surface area contributed by atoms with Crippen LogP contribution in [-0.4, -0.2) is 0 Å². The second-order valence-corrected chi connectivity index (χ2v) is 5.23. The van der Waals surface area contributed by atoms with Gasteiger partial charge in [-0.15, -0.1) is 0 Å². The van der Waals surface area contributed by atoms with E-state index < -0.39 is 6.08 Å². The van der Waals surface area contributed by atoms with Gasteiger partial charge in [0.1, 0.15) is 0 Å². The van der Waals surface area contributed by atoms with Gasteiger partial charge in [0.05, 0.1) is 0 Å². The fourth-order valence-corrected chi connectivity index (χ4v) is 2.72. The quantitative estimate of drug-likeness (QED) is 0.630. The van der Waals surface area contributed by atoms with E-state index in [1.54, 1.807) is 6.92 Å². The summed E-state index contributed by atoms with van der Waals surface area (Å²) < 4.78 is 25.4. The van der Waals surface area contributed by atoms with E-state index in [0.29, 0.717) is 0 Å². The molecule has 2 aromatic rings. The van der Waals surface area contributed by atoms with E-state index in [1.807, 2.05) is 25.1 Å². The largest absolute Gasteiger partial charge is 0.269 e. The Hall–Kier alpha value is -1.70. The molecule has 20 heavy (non-hydrogen) atoms. The number of rotatable bonds is 5. The van der Waals surface area contributed by atoms with Crippen molar-refractivity contribution in [1.82, 2.24) is 0 Å². The molecule has 0 amide bonds. The van der Waals surface area contributed by atoms with Crippen LogP contribution in [0.15, 0.2) is 54.1 Å². The minimum atomic E-state index is -1.52. The van der Waals surface area contributed by atoms with Crippen molar-refractivity contribution in [2.45, 2.75) is 33.1 Å². The normalized spacial score (nSPS) is 12.4. The number of fused-ring (bicyclic) bond motifs is 1. The first-order valence-corrected chi connectivity index (χ1v) is 7.12. The molecule has 0 N–H and O–H groups in total. The van der Waals surface area contributed by atoms with Crippen LogP contribution in [0, 0.1) is 5.92 Å². The maximum Gasteiger partial charge on any atom is 0.269 e. The number of hydrogen-bond acceptors (Lipinski definition) is 0. The van der Waals surface area contributed by atoms with E-state index in [-0.39, 0.29) is 11.5 Å². The van der Waals surface area contributed by atoms with E-state index >= 15 is 0 Å². The molecule has 106 valence electrons. The van der Waals surface area contributed by atoms with Crippen molar-refractivity contribution in [2.24, 2.45) is 5.92 Å². The van der Waals surface area contributed by atoms with Crippen molar-refractivity contribution in [2.75, 3.05) is 0 Å². The van der Waals surface area contributed by atoms with Gasteiger partial charge in [-0.1, -0.05) is 49.4 Å². The molecule has 2 heteroatoms. The van der Waals surface area contributed by atoms with Gasteiger partial charge in [0.25, 0.3) is 6.08 Å². The van der Waals surface area contributed by atoms with Gasteiger partial charge < -0.3 is 0 Å². The van der Waals surface area contributed by atoms with Gasteiger partial charge in [-0.05, 0) is 54.0 Å². The van der Waals surface area contributed by atoms with Crippen molar-refractivity contribution in [3.8, 4) is 0 Å². The van der Waals surface area contributed by atoms with Crippen LogP contribution in [0.4, 0.5) is 8.78 Å². The molecule has 0 saturated heterocycles. The fraction of sp³-hybridized carbons (Fsp3) is 0.333. The number of aryl methyl sites for hydroxylation is 1. The molecule has 1 atom stereocenters.